The molecule has 2 N–H and O–H groups in total. The Balaban J connectivity index is 1.73. The summed E-state index contributed by atoms with van der Waals surface area (Å²) in [7, 11) is 1.63. The van der Waals surface area contributed by atoms with Crippen molar-refractivity contribution in [1.82, 2.24) is 9.97 Å². The number of methoxy groups -OCH3 is 1. The standard InChI is InChI=1S/C21H22N4O3/c1-4-28-20(26)15-6-8-16(9-7-15)23-21-22-12-11-19(25-21)24-17-13-14(2)5-10-18(17)27-3/h5-13H,4H2,1-3H3,(H2,22,23,24,25). The molecule has 0 aliphatic heterocycles. The van der Waals surface area contributed by atoms with Crippen molar-refractivity contribution in [2.45, 2.75) is 13.8 Å². The molecular formula is C21H22N4O3. The first-order valence-corrected chi connectivity index (χ1v) is 8.88. The molecule has 0 spiro atoms. The molecule has 1 heterocycles. The zero-order valence-corrected chi connectivity index (χ0v) is 16.0. The quantitative estimate of drug-likeness (QED) is 0.587. The largest absolute Gasteiger partial charge is 0.495 e. The molecule has 144 valence electrons. The molecule has 0 amide bonds. The number of carbonyl (C=O) groups is 1. The summed E-state index contributed by atoms with van der Waals surface area (Å²) in [5.74, 6) is 1.45. The Bertz CT molecular complexity index is 958. The van der Waals surface area contributed by atoms with Gasteiger partial charge in [-0.2, -0.15) is 4.98 Å². The van der Waals surface area contributed by atoms with E-state index in [0.717, 1.165) is 22.7 Å². The zero-order chi connectivity index (χ0) is 19.9. The van der Waals surface area contributed by atoms with Crippen LogP contribution in [-0.2, 0) is 4.74 Å². The third kappa shape index (κ3) is 4.76. The highest BCUT2D eigenvalue weighted by molar-refractivity contribution is 5.89. The lowest BCUT2D eigenvalue weighted by Crippen LogP contribution is -2.05. The maximum absolute atomic E-state index is 11.7. The molecule has 3 rings (SSSR count). The number of hydrogen-bond acceptors (Lipinski definition) is 7. The minimum Gasteiger partial charge on any atom is -0.495 e. The van der Waals surface area contributed by atoms with Crippen LogP contribution >= 0.6 is 0 Å². The lowest BCUT2D eigenvalue weighted by molar-refractivity contribution is 0.0526. The second-order valence-electron chi connectivity index (χ2n) is 6.02. The number of ether oxygens (including phenoxy) is 2. The van der Waals surface area contributed by atoms with Crippen molar-refractivity contribution in [2.75, 3.05) is 24.4 Å². The van der Waals surface area contributed by atoms with E-state index < -0.39 is 0 Å². The van der Waals surface area contributed by atoms with E-state index in [-0.39, 0.29) is 5.97 Å². The molecule has 0 unspecified atom stereocenters. The topological polar surface area (TPSA) is 85.4 Å². The summed E-state index contributed by atoms with van der Waals surface area (Å²) >= 11 is 0. The van der Waals surface area contributed by atoms with Gasteiger partial charge in [0.05, 0.1) is 25.0 Å². The summed E-state index contributed by atoms with van der Waals surface area (Å²) < 4.78 is 10.4. The molecule has 0 saturated heterocycles. The molecule has 7 nitrogen and oxygen atoms in total. The molecule has 0 radical (unpaired) electrons. The van der Waals surface area contributed by atoms with Crippen LogP contribution in [-0.4, -0.2) is 29.7 Å². The maximum atomic E-state index is 11.7. The van der Waals surface area contributed by atoms with Gasteiger partial charge in [-0.05, 0) is 61.9 Å². The Labute approximate surface area is 163 Å². The van der Waals surface area contributed by atoms with Crippen LogP contribution in [0.5, 0.6) is 5.75 Å². The minimum atomic E-state index is -0.344. The molecule has 0 atom stereocenters. The molecule has 0 fully saturated rings. The Morgan fingerprint density at radius 3 is 2.57 bits per heavy atom. The SMILES string of the molecule is CCOC(=O)c1ccc(Nc2nccc(Nc3cc(C)ccc3OC)n2)cc1. The molecule has 3 aromatic rings. The van der Waals surface area contributed by atoms with Crippen molar-refractivity contribution in [3.05, 3.63) is 65.9 Å². The maximum Gasteiger partial charge on any atom is 0.338 e. The van der Waals surface area contributed by atoms with Crippen LogP contribution in [0.3, 0.4) is 0 Å². The van der Waals surface area contributed by atoms with Crippen LogP contribution in [0.4, 0.5) is 23.1 Å². The van der Waals surface area contributed by atoms with Gasteiger partial charge in [-0.3, -0.25) is 0 Å². The molecule has 28 heavy (non-hydrogen) atoms. The first kappa shape index (κ1) is 19.2. The van der Waals surface area contributed by atoms with Crippen LogP contribution in [0.25, 0.3) is 0 Å². The average Bonchev–Trinajstić information content (AvgIpc) is 2.69. The summed E-state index contributed by atoms with van der Waals surface area (Å²) in [4.78, 5) is 20.4. The second kappa shape index (κ2) is 8.85. The molecular weight excluding hydrogens is 356 g/mol. The van der Waals surface area contributed by atoms with Gasteiger partial charge in [-0.15, -0.1) is 0 Å². The zero-order valence-electron chi connectivity index (χ0n) is 16.0. The van der Waals surface area contributed by atoms with Gasteiger partial charge in [0.25, 0.3) is 0 Å². The smallest absolute Gasteiger partial charge is 0.338 e. The van der Waals surface area contributed by atoms with Crippen LogP contribution in [0.1, 0.15) is 22.8 Å². The Morgan fingerprint density at radius 1 is 1.07 bits per heavy atom. The van der Waals surface area contributed by atoms with E-state index in [1.165, 1.54) is 0 Å². The van der Waals surface area contributed by atoms with E-state index in [0.29, 0.717) is 23.9 Å². The number of esters is 1. The molecule has 0 bridgehead atoms. The summed E-state index contributed by atoms with van der Waals surface area (Å²) in [5.41, 5.74) is 3.19. The normalized spacial score (nSPS) is 10.2. The molecule has 1 aromatic heterocycles. The van der Waals surface area contributed by atoms with Gasteiger partial charge in [0, 0.05) is 11.9 Å². The van der Waals surface area contributed by atoms with Crippen molar-refractivity contribution in [3.8, 4) is 5.75 Å². The van der Waals surface area contributed by atoms with Gasteiger partial charge in [-0.1, -0.05) is 6.07 Å². The number of hydrogen-bond donors (Lipinski definition) is 2. The highest BCUT2D eigenvalue weighted by Crippen LogP contribution is 2.28. The van der Waals surface area contributed by atoms with E-state index in [9.17, 15) is 4.79 Å². The van der Waals surface area contributed by atoms with Gasteiger partial charge in [0.1, 0.15) is 11.6 Å². The highest BCUT2D eigenvalue weighted by atomic mass is 16.5. The lowest BCUT2D eigenvalue weighted by Gasteiger charge is -2.12. The van der Waals surface area contributed by atoms with Crippen LogP contribution in [0.2, 0.25) is 0 Å². The van der Waals surface area contributed by atoms with Gasteiger partial charge < -0.3 is 20.1 Å². The number of nitrogens with zero attached hydrogens (tertiary/aromatic N) is 2. The van der Waals surface area contributed by atoms with Gasteiger partial charge in [0.2, 0.25) is 5.95 Å². The molecule has 0 aliphatic rings. The van der Waals surface area contributed by atoms with E-state index >= 15 is 0 Å². The Morgan fingerprint density at radius 2 is 1.86 bits per heavy atom. The highest BCUT2D eigenvalue weighted by Gasteiger charge is 2.08. The first-order valence-electron chi connectivity index (χ1n) is 8.88. The predicted molar refractivity (Wildman–Crippen MR) is 109 cm³/mol. The summed E-state index contributed by atoms with van der Waals surface area (Å²) in [6, 6.07) is 14.6. The predicted octanol–water partition coefficient (Wildman–Crippen LogP) is 4.46. The van der Waals surface area contributed by atoms with Gasteiger partial charge >= 0.3 is 5.97 Å². The summed E-state index contributed by atoms with van der Waals surface area (Å²) in [5, 5.41) is 6.37. The number of rotatable bonds is 7. The average molecular weight is 378 g/mol. The number of carbonyl (C=O) groups excluding carboxylic acids is 1. The van der Waals surface area contributed by atoms with Crippen LogP contribution < -0.4 is 15.4 Å². The summed E-state index contributed by atoms with van der Waals surface area (Å²) in [6.07, 6.45) is 1.66. The Kier molecular flexibility index (Phi) is 6.06. The van der Waals surface area contributed by atoms with E-state index in [2.05, 4.69) is 20.6 Å². The number of anilines is 4. The minimum absolute atomic E-state index is 0.344. The van der Waals surface area contributed by atoms with E-state index in [1.807, 2.05) is 25.1 Å². The number of benzene rings is 2. The molecule has 0 aliphatic carbocycles. The van der Waals surface area contributed by atoms with Crippen molar-refractivity contribution < 1.29 is 14.3 Å². The Hall–Kier alpha value is -3.61. The molecule has 2 aromatic carbocycles. The summed E-state index contributed by atoms with van der Waals surface area (Å²) in [6.45, 7) is 4.13. The van der Waals surface area contributed by atoms with Crippen molar-refractivity contribution in [3.63, 3.8) is 0 Å². The fourth-order valence-corrected chi connectivity index (χ4v) is 2.58. The monoisotopic (exact) mass is 378 g/mol. The van der Waals surface area contributed by atoms with Crippen molar-refractivity contribution >= 4 is 29.1 Å². The van der Waals surface area contributed by atoms with Crippen molar-refractivity contribution in [1.29, 1.82) is 0 Å². The van der Waals surface area contributed by atoms with Gasteiger partial charge in [-0.25, -0.2) is 9.78 Å². The fraction of sp³-hybridized carbons (Fsp3) is 0.190. The van der Waals surface area contributed by atoms with Crippen LogP contribution in [0, 0.1) is 6.92 Å². The third-order valence-corrected chi connectivity index (χ3v) is 3.93. The number of nitrogens with one attached hydrogen (secondary N) is 2. The van der Waals surface area contributed by atoms with Crippen LogP contribution in [0.15, 0.2) is 54.7 Å². The number of aromatic nitrogens is 2. The molecule has 7 heteroatoms. The van der Waals surface area contributed by atoms with Gasteiger partial charge in [0.15, 0.2) is 0 Å². The number of aryl methyl sites for hydroxylation is 1. The second-order valence-corrected chi connectivity index (χ2v) is 6.02. The first-order chi connectivity index (χ1) is 13.6. The van der Waals surface area contributed by atoms with E-state index in [1.54, 1.807) is 50.6 Å². The van der Waals surface area contributed by atoms with E-state index in [4.69, 9.17) is 9.47 Å². The van der Waals surface area contributed by atoms with Crippen molar-refractivity contribution in [2.24, 2.45) is 0 Å². The molecule has 0 saturated carbocycles. The lowest BCUT2D eigenvalue weighted by atomic mass is 10.2. The third-order valence-electron chi connectivity index (χ3n) is 3.93. The fourth-order valence-electron chi connectivity index (χ4n) is 2.58.